The molecule has 0 aromatic heterocycles. The van der Waals surface area contributed by atoms with E-state index in [1.54, 1.807) is 24.3 Å². The number of aliphatic carboxylic acids is 1. The summed E-state index contributed by atoms with van der Waals surface area (Å²) in [6.45, 7) is 0. The Bertz CT molecular complexity index is 301. The molecule has 1 aromatic carbocycles. The number of anilines is 1. The Hall–Kier alpha value is -1.77. The van der Waals surface area contributed by atoms with Crippen LogP contribution in [0, 0.1) is 0 Å². The summed E-state index contributed by atoms with van der Waals surface area (Å²) in [5.74, 6) is -1.20. The molecule has 12 heavy (non-hydrogen) atoms. The van der Waals surface area contributed by atoms with Crippen molar-refractivity contribution in [2.45, 2.75) is 0 Å². The molecule has 0 amide bonds. The van der Waals surface area contributed by atoms with Crippen LogP contribution in [-0.4, -0.2) is 5.97 Å². The number of hydrogen-bond acceptors (Lipinski definition) is 3. The lowest BCUT2D eigenvalue weighted by Gasteiger charge is -1.95. The summed E-state index contributed by atoms with van der Waals surface area (Å²) < 4.78 is 0. The van der Waals surface area contributed by atoms with Gasteiger partial charge in [-0.2, -0.15) is 0 Å². The van der Waals surface area contributed by atoms with Gasteiger partial charge in [0.25, 0.3) is 0 Å². The number of carbonyl (C=O) groups is 1. The Balaban J connectivity index is 2.77. The second-order valence-electron chi connectivity index (χ2n) is 2.32. The van der Waals surface area contributed by atoms with E-state index < -0.39 is 5.97 Å². The minimum absolute atomic E-state index is 0.653. The SMILES string of the molecule is Nc1ccc(/C=C\C(=O)[O-])cc1. The van der Waals surface area contributed by atoms with Gasteiger partial charge in [0.1, 0.15) is 0 Å². The van der Waals surface area contributed by atoms with Gasteiger partial charge < -0.3 is 15.6 Å². The average molecular weight is 162 g/mol. The number of rotatable bonds is 2. The standard InChI is InChI=1S/C9H9NO2/c10-8-4-1-7(2-5-8)3-6-9(11)12/h1-6H,10H2,(H,11,12)/p-1/b6-3-. The van der Waals surface area contributed by atoms with Crippen LogP contribution >= 0.6 is 0 Å². The van der Waals surface area contributed by atoms with E-state index in [-0.39, 0.29) is 0 Å². The van der Waals surface area contributed by atoms with Gasteiger partial charge in [0.15, 0.2) is 0 Å². The quantitative estimate of drug-likeness (QED) is 0.493. The Labute approximate surface area is 70.1 Å². The Morgan fingerprint density at radius 2 is 1.92 bits per heavy atom. The summed E-state index contributed by atoms with van der Waals surface area (Å²) in [5, 5.41) is 10.0. The van der Waals surface area contributed by atoms with E-state index in [2.05, 4.69) is 0 Å². The van der Waals surface area contributed by atoms with Crippen LogP contribution in [-0.2, 0) is 4.79 Å². The van der Waals surface area contributed by atoms with Crippen molar-refractivity contribution in [1.29, 1.82) is 0 Å². The van der Waals surface area contributed by atoms with Crippen LogP contribution in [0.2, 0.25) is 0 Å². The summed E-state index contributed by atoms with van der Waals surface area (Å²) in [5.41, 5.74) is 6.87. The topological polar surface area (TPSA) is 66.2 Å². The highest BCUT2D eigenvalue weighted by Crippen LogP contribution is 2.06. The predicted octanol–water partition coefficient (Wildman–Crippen LogP) is 0.0319. The zero-order valence-electron chi connectivity index (χ0n) is 6.36. The van der Waals surface area contributed by atoms with E-state index in [0.717, 1.165) is 11.6 Å². The van der Waals surface area contributed by atoms with Crippen molar-refractivity contribution in [3.05, 3.63) is 35.9 Å². The van der Waals surface area contributed by atoms with Crippen molar-refractivity contribution in [2.24, 2.45) is 0 Å². The van der Waals surface area contributed by atoms with E-state index in [1.165, 1.54) is 6.08 Å². The fourth-order valence-corrected chi connectivity index (χ4v) is 0.771. The summed E-state index contributed by atoms with van der Waals surface area (Å²) in [6.07, 6.45) is 2.43. The molecule has 0 aliphatic rings. The fraction of sp³-hybridized carbons (Fsp3) is 0. The number of nitrogens with two attached hydrogens (primary N) is 1. The lowest BCUT2D eigenvalue weighted by molar-refractivity contribution is -0.297. The number of carboxylic acid groups (broad SMARTS) is 1. The zero-order valence-corrected chi connectivity index (χ0v) is 6.36. The highest BCUT2D eigenvalue weighted by Gasteiger charge is 1.85. The summed E-state index contributed by atoms with van der Waals surface area (Å²) >= 11 is 0. The number of hydrogen-bond donors (Lipinski definition) is 1. The molecule has 62 valence electrons. The van der Waals surface area contributed by atoms with Crippen molar-refractivity contribution in [1.82, 2.24) is 0 Å². The van der Waals surface area contributed by atoms with E-state index in [4.69, 9.17) is 5.73 Å². The number of carbonyl (C=O) groups excluding carboxylic acids is 1. The molecule has 3 nitrogen and oxygen atoms in total. The third-order valence-corrected chi connectivity index (χ3v) is 1.35. The summed E-state index contributed by atoms with van der Waals surface area (Å²) in [7, 11) is 0. The first kappa shape index (κ1) is 8.33. The molecular formula is C9H8NO2-. The molecule has 0 spiro atoms. The molecule has 0 atom stereocenters. The number of benzene rings is 1. The largest absolute Gasteiger partial charge is 0.545 e. The van der Waals surface area contributed by atoms with Crippen LogP contribution < -0.4 is 10.8 Å². The monoisotopic (exact) mass is 162 g/mol. The van der Waals surface area contributed by atoms with Crippen molar-refractivity contribution >= 4 is 17.7 Å². The minimum atomic E-state index is -1.20. The lowest BCUT2D eigenvalue weighted by atomic mass is 10.2. The molecule has 3 heteroatoms. The maximum absolute atomic E-state index is 10.0. The molecule has 0 saturated heterocycles. The first-order valence-electron chi connectivity index (χ1n) is 3.43. The molecule has 0 unspecified atom stereocenters. The van der Waals surface area contributed by atoms with Crippen LogP contribution in [0.3, 0.4) is 0 Å². The molecule has 0 bridgehead atoms. The van der Waals surface area contributed by atoms with E-state index in [9.17, 15) is 9.90 Å². The van der Waals surface area contributed by atoms with E-state index >= 15 is 0 Å². The molecule has 2 N–H and O–H groups in total. The predicted molar refractivity (Wildman–Crippen MR) is 44.9 cm³/mol. The zero-order chi connectivity index (χ0) is 8.97. The molecule has 1 aromatic rings. The molecule has 0 aliphatic heterocycles. The van der Waals surface area contributed by atoms with Gasteiger partial charge in [-0.25, -0.2) is 0 Å². The number of nitrogen functional groups attached to an aromatic ring is 1. The molecule has 0 radical (unpaired) electrons. The van der Waals surface area contributed by atoms with Gasteiger partial charge in [-0.3, -0.25) is 0 Å². The van der Waals surface area contributed by atoms with Gasteiger partial charge >= 0.3 is 0 Å². The highest BCUT2D eigenvalue weighted by molar-refractivity contribution is 5.83. The Morgan fingerprint density at radius 3 is 2.42 bits per heavy atom. The van der Waals surface area contributed by atoms with Crippen LogP contribution in [0.5, 0.6) is 0 Å². The van der Waals surface area contributed by atoms with E-state index in [0.29, 0.717) is 5.69 Å². The van der Waals surface area contributed by atoms with Gasteiger partial charge in [-0.05, 0) is 23.8 Å². The van der Waals surface area contributed by atoms with Gasteiger partial charge in [0.2, 0.25) is 0 Å². The molecule has 0 saturated carbocycles. The number of carboxylic acids is 1. The first-order chi connectivity index (χ1) is 5.68. The Morgan fingerprint density at radius 1 is 1.33 bits per heavy atom. The van der Waals surface area contributed by atoms with Crippen molar-refractivity contribution in [2.75, 3.05) is 5.73 Å². The average Bonchev–Trinajstić information content (AvgIpc) is 2.03. The van der Waals surface area contributed by atoms with Gasteiger partial charge in [-0.1, -0.05) is 18.2 Å². The van der Waals surface area contributed by atoms with Crippen molar-refractivity contribution < 1.29 is 9.90 Å². The molecule has 0 heterocycles. The second-order valence-corrected chi connectivity index (χ2v) is 2.32. The second kappa shape index (κ2) is 3.57. The third kappa shape index (κ3) is 2.46. The maximum Gasteiger partial charge on any atom is 0.0643 e. The molecule has 0 aliphatic carbocycles. The fourth-order valence-electron chi connectivity index (χ4n) is 0.771. The van der Waals surface area contributed by atoms with Gasteiger partial charge in [0, 0.05) is 5.69 Å². The molecular weight excluding hydrogens is 154 g/mol. The molecule has 0 fully saturated rings. The maximum atomic E-state index is 10.0. The summed E-state index contributed by atoms with van der Waals surface area (Å²) in [6, 6.07) is 6.87. The van der Waals surface area contributed by atoms with Crippen LogP contribution in [0.4, 0.5) is 5.69 Å². The normalized spacial score (nSPS) is 10.3. The van der Waals surface area contributed by atoms with Crippen LogP contribution in [0.25, 0.3) is 6.08 Å². The smallest absolute Gasteiger partial charge is 0.0643 e. The lowest BCUT2D eigenvalue weighted by Crippen LogP contribution is -2.18. The van der Waals surface area contributed by atoms with Crippen molar-refractivity contribution in [3.63, 3.8) is 0 Å². The highest BCUT2D eigenvalue weighted by atomic mass is 16.4. The summed E-state index contributed by atoms with van der Waals surface area (Å²) in [4.78, 5) is 10.0. The van der Waals surface area contributed by atoms with Gasteiger partial charge in [0.05, 0.1) is 5.97 Å². The van der Waals surface area contributed by atoms with Crippen LogP contribution in [0.1, 0.15) is 5.56 Å². The first-order valence-corrected chi connectivity index (χ1v) is 3.43. The van der Waals surface area contributed by atoms with Crippen molar-refractivity contribution in [3.8, 4) is 0 Å². The Kier molecular flexibility index (Phi) is 2.48. The third-order valence-electron chi connectivity index (χ3n) is 1.35. The van der Waals surface area contributed by atoms with Crippen LogP contribution in [0.15, 0.2) is 30.3 Å². The van der Waals surface area contributed by atoms with E-state index in [1.807, 2.05) is 0 Å². The minimum Gasteiger partial charge on any atom is -0.545 e. The van der Waals surface area contributed by atoms with Gasteiger partial charge in [-0.15, -0.1) is 0 Å². The molecule has 1 rings (SSSR count).